The maximum absolute atomic E-state index is 10.7. The summed E-state index contributed by atoms with van der Waals surface area (Å²) in [7, 11) is -8.58. The maximum Gasteiger partial charge on any atom is 1.00 e. The fourth-order valence-corrected chi connectivity index (χ4v) is 4.89. The van der Waals surface area contributed by atoms with E-state index in [-0.39, 0.29) is 101 Å². The van der Waals surface area contributed by atoms with Gasteiger partial charge in [-0.05, 0) is 24.4 Å². The topological polar surface area (TPSA) is 213 Å². The fourth-order valence-electron chi connectivity index (χ4n) is 2.12. The van der Waals surface area contributed by atoms with Crippen LogP contribution in [-0.4, -0.2) is 63.2 Å². The number of hydrogen-bond acceptors (Lipinski definition) is 14. The van der Waals surface area contributed by atoms with E-state index in [1.54, 1.807) is 0 Å². The number of rotatable bonds is 12. The van der Waals surface area contributed by atoms with Crippen LogP contribution in [0.4, 0.5) is 22.5 Å². The van der Waals surface area contributed by atoms with Gasteiger partial charge in [0, 0.05) is 17.3 Å². The maximum atomic E-state index is 10.7. The van der Waals surface area contributed by atoms with Gasteiger partial charge in [-0.1, -0.05) is 29.7 Å². The first-order valence-electron chi connectivity index (χ1n) is 8.47. The Balaban J connectivity index is 0.00000512. The van der Waals surface area contributed by atoms with Crippen molar-refractivity contribution in [2.45, 2.75) is 30.1 Å². The van der Waals surface area contributed by atoms with Crippen molar-refractivity contribution in [3.05, 3.63) is 11.4 Å². The fraction of sp³-hybridized carbons (Fsp3) is 0.538. The van der Waals surface area contributed by atoms with Gasteiger partial charge in [0.15, 0.2) is 15.8 Å². The third-order valence-electron chi connectivity index (χ3n) is 3.46. The second-order valence-corrected chi connectivity index (χ2v) is 11.2. The van der Waals surface area contributed by atoms with Crippen molar-refractivity contribution in [1.29, 1.82) is 0 Å². The Bertz CT molecular complexity index is 1190. The standard InChI is InChI=1S/C13H18N8O6S4.2Na/c1-15-11-9(10(14)21(20-11)5-4-8-31(25,26)27)16-17-12-18-19-13(29-12)28-6-2-3-7-30(22,23)24;;/h2-8,14H2,(H,22,23,24)(H,25,26,27);;/q;2*+1/p-2. The summed E-state index contributed by atoms with van der Waals surface area (Å²) in [6, 6.07) is 0. The average molecular weight is 555 g/mol. The molecular weight excluding hydrogens is 538 g/mol. The van der Waals surface area contributed by atoms with Gasteiger partial charge in [0.2, 0.25) is 0 Å². The Labute approximate surface area is 243 Å². The van der Waals surface area contributed by atoms with Gasteiger partial charge >= 0.3 is 64.9 Å². The zero-order valence-corrected chi connectivity index (χ0v) is 25.0. The van der Waals surface area contributed by atoms with Crippen LogP contribution in [0.15, 0.2) is 14.6 Å². The molecule has 2 N–H and O–H groups in total. The molecule has 33 heavy (non-hydrogen) atoms. The number of nitrogen functional groups attached to an aromatic ring is 1. The van der Waals surface area contributed by atoms with Crippen LogP contribution in [0.25, 0.3) is 4.85 Å². The molecule has 0 bridgehead atoms. The van der Waals surface area contributed by atoms with E-state index in [0.29, 0.717) is 16.5 Å². The van der Waals surface area contributed by atoms with Crippen LogP contribution in [0.1, 0.15) is 19.3 Å². The summed E-state index contributed by atoms with van der Waals surface area (Å²) in [5.41, 5.74) is 5.89. The summed E-state index contributed by atoms with van der Waals surface area (Å²) >= 11 is 2.43. The Morgan fingerprint density at radius 1 is 1.06 bits per heavy atom. The molecule has 0 fully saturated rings. The second-order valence-electron chi connectivity index (χ2n) is 5.88. The minimum Gasteiger partial charge on any atom is -0.748 e. The number of nitrogens with zero attached hydrogens (tertiary/aromatic N) is 7. The van der Waals surface area contributed by atoms with E-state index in [2.05, 4.69) is 30.4 Å². The molecular formula is C13H16N8Na2O6S4. The van der Waals surface area contributed by atoms with Gasteiger partial charge in [0.25, 0.3) is 5.13 Å². The molecule has 0 aliphatic carbocycles. The van der Waals surface area contributed by atoms with E-state index < -0.39 is 31.7 Å². The van der Waals surface area contributed by atoms with Gasteiger partial charge in [0.05, 0.1) is 26.8 Å². The molecule has 14 nitrogen and oxygen atoms in total. The van der Waals surface area contributed by atoms with E-state index in [1.165, 1.54) is 16.4 Å². The summed E-state index contributed by atoms with van der Waals surface area (Å²) in [6.45, 7) is 7.18. The molecule has 2 heterocycles. The molecule has 0 aliphatic heterocycles. The molecule has 2 aromatic rings. The normalized spacial score (nSPS) is 11.7. The Hall–Kier alpha value is -0.170. The average Bonchev–Trinajstić information content (AvgIpc) is 3.22. The number of unbranched alkanes of at least 4 members (excludes halogenated alkanes) is 1. The van der Waals surface area contributed by atoms with Crippen molar-refractivity contribution >= 4 is 65.8 Å². The van der Waals surface area contributed by atoms with E-state index in [1.807, 2.05) is 0 Å². The van der Waals surface area contributed by atoms with Crippen molar-refractivity contribution in [2.75, 3.05) is 23.0 Å². The van der Waals surface area contributed by atoms with Gasteiger partial charge in [-0.2, -0.15) is 9.80 Å². The van der Waals surface area contributed by atoms with E-state index in [9.17, 15) is 25.9 Å². The Morgan fingerprint density at radius 3 is 2.30 bits per heavy atom. The third-order valence-corrected chi connectivity index (χ3v) is 7.07. The molecule has 2 rings (SSSR count). The predicted molar refractivity (Wildman–Crippen MR) is 111 cm³/mol. The van der Waals surface area contributed by atoms with Crippen LogP contribution in [0, 0.1) is 6.57 Å². The smallest absolute Gasteiger partial charge is 0.748 e. The Kier molecular flexibility index (Phi) is 15.0. The van der Waals surface area contributed by atoms with Crippen LogP contribution in [0.3, 0.4) is 0 Å². The van der Waals surface area contributed by atoms with Crippen molar-refractivity contribution in [3.8, 4) is 0 Å². The van der Waals surface area contributed by atoms with Crippen LogP contribution in [0.5, 0.6) is 0 Å². The molecule has 20 heteroatoms. The summed E-state index contributed by atoms with van der Waals surface area (Å²) in [5, 5.41) is 19.6. The largest absolute Gasteiger partial charge is 1.00 e. The molecule has 0 saturated heterocycles. The van der Waals surface area contributed by atoms with Crippen LogP contribution >= 0.6 is 23.1 Å². The number of thioether (sulfide) groups is 1. The number of hydrogen-bond donors (Lipinski definition) is 1. The Morgan fingerprint density at radius 2 is 1.70 bits per heavy atom. The van der Waals surface area contributed by atoms with Gasteiger partial charge in [-0.15, -0.1) is 15.3 Å². The molecule has 170 valence electrons. The van der Waals surface area contributed by atoms with Crippen LogP contribution < -0.4 is 64.8 Å². The van der Waals surface area contributed by atoms with Crippen molar-refractivity contribution in [3.63, 3.8) is 0 Å². The quantitative estimate of drug-likeness (QED) is 0.0661. The first-order chi connectivity index (χ1) is 14.5. The first kappa shape index (κ1) is 32.8. The van der Waals surface area contributed by atoms with Gasteiger partial charge in [-0.3, -0.25) is 0 Å². The van der Waals surface area contributed by atoms with Crippen LogP contribution in [0.2, 0.25) is 0 Å². The van der Waals surface area contributed by atoms with Crippen molar-refractivity contribution in [1.82, 2.24) is 20.0 Å². The summed E-state index contributed by atoms with van der Waals surface area (Å²) in [4.78, 5) is 3.20. The summed E-state index contributed by atoms with van der Waals surface area (Å²) in [6.07, 6.45) is 0.747. The summed E-state index contributed by atoms with van der Waals surface area (Å²) in [5.74, 6) is -0.603. The van der Waals surface area contributed by atoms with E-state index in [0.717, 1.165) is 11.3 Å². The van der Waals surface area contributed by atoms with E-state index in [4.69, 9.17) is 12.3 Å². The molecule has 0 aromatic carbocycles. The minimum absolute atomic E-state index is 0. The number of aromatic nitrogens is 4. The molecule has 0 spiro atoms. The second kappa shape index (κ2) is 15.1. The number of azo groups is 1. The zero-order valence-electron chi connectivity index (χ0n) is 17.7. The minimum atomic E-state index is -4.37. The number of anilines is 1. The van der Waals surface area contributed by atoms with Gasteiger partial charge in [0.1, 0.15) is 0 Å². The van der Waals surface area contributed by atoms with Crippen molar-refractivity contribution < 1.29 is 85.1 Å². The molecule has 0 radical (unpaired) electrons. The molecule has 0 aliphatic rings. The SMILES string of the molecule is [C-]#[N+]c1nn(CCCS(=O)(=O)[O-])c(N)c1N=Nc1nnc(SCCCCS(=O)(=O)[O-])s1.[Na+].[Na+]. The van der Waals surface area contributed by atoms with Crippen LogP contribution in [-0.2, 0) is 26.8 Å². The number of aryl methyl sites for hydroxylation is 1. The predicted octanol–water partition coefficient (Wildman–Crippen LogP) is -4.36. The molecule has 0 atom stereocenters. The number of nitrogens with two attached hydrogens (primary N) is 1. The molecule has 2 aromatic heterocycles. The molecule has 0 saturated carbocycles. The van der Waals surface area contributed by atoms with Gasteiger partial charge < -0.3 is 19.7 Å². The zero-order chi connectivity index (χ0) is 23.1. The monoisotopic (exact) mass is 554 g/mol. The first-order valence-corrected chi connectivity index (χ1v) is 13.4. The molecule has 0 unspecified atom stereocenters. The molecule has 0 amide bonds. The van der Waals surface area contributed by atoms with Crippen molar-refractivity contribution in [2.24, 2.45) is 10.2 Å². The van der Waals surface area contributed by atoms with E-state index >= 15 is 0 Å². The summed E-state index contributed by atoms with van der Waals surface area (Å²) < 4.78 is 65.4. The van der Waals surface area contributed by atoms with Gasteiger partial charge in [-0.25, -0.2) is 16.8 Å². The third kappa shape index (κ3) is 12.4.